The van der Waals surface area contributed by atoms with E-state index < -0.39 is 28.6 Å². The number of nitrogens with one attached hydrogen (secondary N) is 2. The Kier molecular flexibility index (Phi) is 4.07. The number of benzene rings is 1. The maximum absolute atomic E-state index is 13.3. The Hall–Kier alpha value is -2.41. The van der Waals surface area contributed by atoms with Crippen molar-refractivity contribution in [2.24, 2.45) is 5.41 Å². The minimum Gasteiger partial charge on any atom is -0.479 e. The van der Waals surface area contributed by atoms with E-state index >= 15 is 0 Å². The van der Waals surface area contributed by atoms with Gasteiger partial charge in [-0.05, 0) is 31.2 Å². The van der Waals surface area contributed by atoms with Crippen LogP contribution >= 0.6 is 0 Å². The number of hydrogen-bond donors (Lipinski definition) is 3. The van der Waals surface area contributed by atoms with Gasteiger partial charge in [0.1, 0.15) is 17.1 Å². The number of carboxylic acids is 1. The predicted octanol–water partition coefficient (Wildman–Crippen LogP) is 2.70. The molecule has 6 nitrogen and oxygen atoms in total. The van der Waals surface area contributed by atoms with Crippen LogP contribution in [0.4, 0.5) is 4.39 Å². The Bertz CT molecular complexity index is 845. The molecule has 0 unspecified atom stereocenters. The lowest BCUT2D eigenvalue weighted by Gasteiger charge is -2.58. The van der Waals surface area contributed by atoms with Gasteiger partial charge in [0.25, 0.3) is 5.91 Å². The third-order valence-electron chi connectivity index (χ3n) is 5.28. The Balaban J connectivity index is 1.87. The molecule has 1 aliphatic rings. The number of ether oxygens (including phenoxy) is 1. The van der Waals surface area contributed by atoms with Crippen molar-refractivity contribution in [1.82, 2.24) is 10.3 Å². The summed E-state index contributed by atoms with van der Waals surface area (Å²) in [5.74, 6) is -2.04. The van der Waals surface area contributed by atoms with Gasteiger partial charge in [-0.25, -0.2) is 9.18 Å². The highest BCUT2D eigenvalue weighted by atomic mass is 19.1. The van der Waals surface area contributed by atoms with E-state index in [-0.39, 0.29) is 18.2 Å². The molecular formula is C18H21FN2O4. The quantitative estimate of drug-likeness (QED) is 0.775. The average molecular weight is 348 g/mol. The van der Waals surface area contributed by atoms with Crippen LogP contribution in [-0.2, 0) is 9.53 Å². The van der Waals surface area contributed by atoms with Gasteiger partial charge < -0.3 is 20.1 Å². The molecule has 2 atom stereocenters. The fraction of sp³-hybridized carbons (Fsp3) is 0.444. The number of carbonyl (C=O) groups is 2. The minimum absolute atomic E-state index is 0.192. The number of aliphatic carboxylic acids is 1. The number of aromatic nitrogens is 1. The highest BCUT2D eigenvalue weighted by molar-refractivity contribution is 6.01. The lowest BCUT2D eigenvalue weighted by molar-refractivity contribution is -0.190. The molecule has 3 rings (SSSR count). The zero-order chi connectivity index (χ0) is 18.4. The third kappa shape index (κ3) is 2.59. The van der Waals surface area contributed by atoms with Crippen LogP contribution in [0.3, 0.4) is 0 Å². The Morgan fingerprint density at radius 3 is 2.72 bits per heavy atom. The van der Waals surface area contributed by atoms with Crippen molar-refractivity contribution in [1.29, 1.82) is 0 Å². The number of amides is 1. The van der Waals surface area contributed by atoms with Crippen LogP contribution in [0.2, 0.25) is 0 Å². The van der Waals surface area contributed by atoms with Crippen LogP contribution in [-0.4, -0.2) is 40.2 Å². The summed E-state index contributed by atoms with van der Waals surface area (Å²) in [4.78, 5) is 27.4. The number of carboxylic acid groups (broad SMARTS) is 1. The van der Waals surface area contributed by atoms with Gasteiger partial charge >= 0.3 is 5.97 Å². The molecular weight excluding hydrogens is 327 g/mol. The second kappa shape index (κ2) is 5.84. The fourth-order valence-electron chi connectivity index (χ4n) is 3.52. The number of fused-ring (bicyclic) bond motifs is 1. The molecule has 7 heteroatoms. The normalized spacial score (nSPS) is 24.7. The zero-order valence-corrected chi connectivity index (χ0v) is 14.4. The average Bonchev–Trinajstić information content (AvgIpc) is 2.96. The maximum atomic E-state index is 13.3. The highest BCUT2D eigenvalue weighted by Gasteiger charge is 2.66. The standard InChI is InChI=1S/C18H21FN2O4/c1-4-25-14-9-18(16(23)24,17(14,2)3)21-15(22)13-8-10-7-11(19)5-6-12(10)20-13/h5-8,14,20H,4,9H2,1-3H3,(H,21,22)(H,23,24)/t14-,18+/m0/s1. The molecule has 25 heavy (non-hydrogen) atoms. The summed E-state index contributed by atoms with van der Waals surface area (Å²) in [6, 6.07) is 5.65. The van der Waals surface area contributed by atoms with Crippen LogP contribution in [0.5, 0.6) is 0 Å². The van der Waals surface area contributed by atoms with E-state index in [9.17, 15) is 19.1 Å². The van der Waals surface area contributed by atoms with Gasteiger partial charge in [0.15, 0.2) is 0 Å². The van der Waals surface area contributed by atoms with Gasteiger partial charge in [-0.15, -0.1) is 0 Å². The predicted molar refractivity (Wildman–Crippen MR) is 89.9 cm³/mol. The lowest BCUT2D eigenvalue weighted by atomic mass is 9.54. The Morgan fingerprint density at radius 1 is 1.40 bits per heavy atom. The van der Waals surface area contributed by atoms with Gasteiger partial charge in [0.05, 0.1) is 6.10 Å². The molecule has 1 aliphatic carbocycles. The second-order valence-corrected chi connectivity index (χ2v) is 6.95. The molecule has 0 spiro atoms. The van der Waals surface area contributed by atoms with Crippen LogP contribution in [0, 0.1) is 11.2 Å². The molecule has 0 saturated heterocycles. The summed E-state index contributed by atoms with van der Waals surface area (Å²) in [6.45, 7) is 5.86. The fourth-order valence-corrected chi connectivity index (χ4v) is 3.52. The summed E-state index contributed by atoms with van der Waals surface area (Å²) in [6.07, 6.45) is -0.0465. The van der Waals surface area contributed by atoms with Gasteiger partial charge in [0.2, 0.25) is 0 Å². The molecule has 1 aromatic carbocycles. The number of carbonyl (C=O) groups excluding carboxylic acids is 1. The topological polar surface area (TPSA) is 91.4 Å². The van der Waals surface area contributed by atoms with Gasteiger partial charge in [0, 0.05) is 29.3 Å². The molecule has 3 N–H and O–H groups in total. The van der Waals surface area contributed by atoms with Crippen LogP contribution in [0.1, 0.15) is 37.7 Å². The first-order valence-electron chi connectivity index (χ1n) is 8.17. The van der Waals surface area contributed by atoms with Crippen LogP contribution in [0.15, 0.2) is 24.3 Å². The van der Waals surface area contributed by atoms with E-state index in [4.69, 9.17) is 4.74 Å². The van der Waals surface area contributed by atoms with Crippen molar-refractivity contribution in [3.05, 3.63) is 35.8 Å². The molecule has 0 radical (unpaired) electrons. The van der Waals surface area contributed by atoms with E-state index in [0.717, 1.165) is 0 Å². The lowest BCUT2D eigenvalue weighted by Crippen LogP contribution is -2.76. The molecule has 1 amide bonds. The van der Waals surface area contributed by atoms with Crippen LogP contribution < -0.4 is 5.32 Å². The molecule has 0 bridgehead atoms. The van der Waals surface area contributed by atoms with E-state index in [2.05, 4.69) is 10.3 Å². The number of aromatic amines is 1. The second-order valence-electron chi connectivity index (χ2n) is 6.95. The van der Waals surface area contributed by atoms with Crippen molar-refractivity contribution in [3.8, 4) is 0 Å². The summed E-state index contributed by atoms with van der Waals surface area (Å²) >= 11 is 0. The summed E-state index contributed by atoms with van der Waals surface area (Å²) in [7, 11) is 0. The minimum atomic E-state index is -1.41. The van der Waals surface area contributed by atoms with Crippen molar-refractivity contribution in [3.63, 3.8) is 0 Å². The van der Waals surface area contributed by atoms with Gasteiger partial charge in [-0.1, -0.05) is 13.8 Å². The van der Waals surface area contributed by atoms with E-state index in [1.807, 2.05) is 6.92 Å². The third-order valence-corrected chi connectivity index (χ3v) is 5.28. The van der Waals surface area contributed by atoms with Gasteiger partial charge in [-0.3, -0.25) is 4.79 Å². The van der Waals surface area contributed by atoms with E-state index in [1.165, 1.54) is 24.3 Å². The molecule has 1 heterocycles. The maximum Gasteiger partial charge on any atom is 0.330 e. The number of H-pyrrole nitrogens is 1. The first kappa shape index (κ1) is 17.4. The SMILES string of the molecule is CCO[C@H]1C[C@@](NC(=O)c2cc3cc(F)ccc3[nH]2)(C(=O)O)C1(C)C. The number of rotatable bonds is 5. The van der Waals surface area contributed by atoms with E-state index in [0.29, 0.717) is 17.5 Å². The molecule has 1 aromatic heterocycles. The largest absolute Gasteiger partial charge is 0.479 e. The molecule has 0 aliphatic heterocycles. The molecule has 2 aromatic rings. The molecule has 134 valence electrons. The van der Waals surface area contributed by atoms with Crippen LogP contribution in [0.25, 0.3) is 10.9 Å². The number of hydrogen-bond acceptors (Lipinski definition) is 3. The summed E-state index contributed by atoms with van der Waals surface area (Å²) < 4.78 is 18.9. The monoisotopic (exact) mass is 348 g/mol. The van der Waals surface area contributed by atoms with Crippen molar-refractivity contribution < 1.29 is 23.8 Å². The first-order valence-corrected chi connectivity index (χ1v) is 8.17. The summed E-state index contributed by atoms with van der Waals surface area (Å²) in [5.41, 5.74) is -1.37. The number of halogens is 1. The van der Waals surface area contributed by atoms with Crippen molar-refractivity contribution in [2.75, 3.05) is 6.61 Å². The molecule has 1 fully saturated rings. The molecule has 1 saturated carbocycles. The first-order chi connectivity index (χ1) is 11.7. The van der Waals surface area contributed by atoms with Gasteiger partial charge in [-0.2, -0.15) is 0 Å². The van der Waals surface area contributed by atoms with E-state index in [1.54, 1.807) is 13.8 Å². The summed E-state index contributed by atoms with van der Waals surface area (Å²) in [5, 5.41) is 13.0. The smallest absolute Gasteiger partial charge is 0.330 e. The Labute approximate surface area is 144 Å². The Morgan fingerprint density at radius 2 is 2.12 bits per heavy atom. The highest BCUT2D eigenvalue weighted by Crippen LogP contribution is 2.51. The van der Waals surface area contributed by atoms with Crippen molar-refractivity contribution >= 4 is 22.8 Å². The zero-order valence-electron chi connectivity index (χ0n) is 14.4. The van der Waals surface area contributed by atoms with Crippen molar-refractivity contribution in [2.45, 2.75) is 38.8 Å².